The molecule has 1 aliphatic carbocycles. The molecule has 3 heterocycles. The first kappa shape index (κ1) is 16.4. The number of hydrogen-bond acceptors (Lipinski definition) is 3. The van der Waals surface area contributed by atoms with E-state index in [1.54, 1.807) is 0 Å². The van der Waals surface area contributed by atoms with Crippen LogP contribution in [0.15, 0.2) is 0 Å². The lowest BCUT2D eigenvalue weighted by Crippen LogP contribution is -2.42. The molecule has 4 rings (SSSR count). The van der Waals surface area contributed by atoms with Crippen LogP contribution in [-0.4, -0.2) is 64.2 Å². The standard InChI is InChI=1S/C18H27N5O2/c1-21-15-5-3-2-4-14(15)16(20-21)17(24)22-9-6-13(7-10-22)12-23-11-8-19-18(23)25/h13H,2-12H2,1H3,(H,19,25). The van der Waals surface area contributed by atoms with Crippen molar-refractivity contribution < 1.29 is 9.59 Å². The van der Waals surface area contributed by atoms with Gasteiger partial charge < -0.3 is 15.1 Å². The van der Waals surface area contributed by atoms with Gasteiger partial charge >= 0.3 is 6.03 Å². The van der Waals surface area contributed by atoms with Crippen LogP contribution in [0.2, 0.25) is 0 Å². The van der Waals surface area contributed by atoms with Crippen LogP contribution in [0.4, 0.5) is 4.79 Å². The Labute approximate surface area is 148 Å². The van der Waals surface area contributed by atoms with E-state index in [1.807, 2.05) is 21.5 Å². The van der Waals surface area contributed by atoms with Gasteiger partial charge in [0, 0.05) is 51.0 Å². The van der Waals surface area contributed by atoms with Gasteiger partial charge in [-0.2, -0.15) is 5.10 Å². The highest BCUT2D eigenvalue weighted by Crippen LogP contribution is 2.26. The highest BCUT2D eigenvalue weighted by molar-refractivity contribution is 5.94. The molecule has 0 atom stereocenters. The van der Waals surface area contributed by atoms with E-state index in [4.69, 9.17) is 0 Å². The third-order valence-corrected chi connectivity index (χ3v) is 5.89. The Hall–Kier alpha value is -2.05. The Balaban J connectivity index is 1.38. The lowest BCUT2D eigenvalue weighted by atomic mass is 9.93. The molecule has 1 N–H and O–H groups in total. The number of aryl methyl sites for hydroxylation is 1. The Kier molecular flexibility index (Phi) is 4.39. The number of piperidine rings is 1. The Morgan fingerprint density at radius 2 is 1.96 bits per heavy atom. The van der Waals surface area contributed by atoms with Gasteiger partial charge in [0.2, 0.25) is 0 Å². The number of hydrogen-bond donors (Lipinski definition) is 1. The van der Waals surface area contributed by atoms with Crippen LogP contribution in [-0.2, 0) is 19.9 Å². The van der Waals surface area contributed by atoms with E-state index in [0.29, 0.717) is 11.6 Å². The fourth-order valence-electron chi connectivity index (χ4n) is 4.41. The summed E-state index contributed by atoms with van der Waals surface area (Å²) in [6, 6.07) is 0.0543. The lowest BCUT2D eigenvalue weighted by Gasteiger charge is -2.33. The van der Waals surface area contributed by atoms with E-state index in [0.717, 1.165) is 64.8 Å². The molecule has 0 radical (unpaired) electrons. The first-order chi connectivity index (χ1) is 12.1. The first-order valence-corrected chi connectivity index (χ1v) is 9.50. The van der Waals surface area contributed by atoms with E-state index < -0.39 is 0 Å². The van der Waals surface area contributed by atoms with Gasteiger partial charge in [0.1, 0.15) is 0 Å². The molecule has 0 saturated carbocycles. The van der Waals surface area contributed by atoms with Gasteiger partial charge in [-0.25, -0.2) is 4.79 Å². The summed E-state index contributed by atoms with van der Waals surface area (Å²) in [6.45, 7) is 3.90. The minimum absolute atomic E-state index is 0.0543. The number of fused-ring (bicyclic) bond motifs is 1. The molecule has 0 spiro atoms. The summed E-state index contributed by atoms with van der Waals surface area (Å²) in [5.41, 5.74) is 3.09. The molecule has 7 nitrogen and oxygen atoms in total. The highest BCUT2D eigenvalue weighted by atomic mass is 16.2. The number of nitrogens with one attached hydrogen (secondary N) is 1. The Bertz CT molecular complexity index is 675. The van der Waals surface area contributed by atoms with E-state index in [2.05, 4.69) is 10.4 Å². The molecule has 7 heteroatoms. The Morgan fingerprint density at radius 3 is 2.68 bits per heavy atom. The van der Waals surface area contributed by atoms with Crippen molar-refractivity contribution in [2.75, 3.05) is 32.7 Å². The number of likely N-dealkylation sites (tertiary alicyclic amines) is 1. The Morgan fingerprint density at radius 1 is 1.20 bits per heavy atom. The average molecular weight is 345 g/mol. The van der Waals surface area contributed by atoms with Crippen molar-refractivity contribution in [1.29, 1.82) is 0 Å². The van der Waals surface area contributed by atoms with Gasteiger partial charge in [0.15, 0.2) is 5.69 Å². The normalized spacial score (nSPS) is 21.4. The SMILES string of the molecule is Cn1nc(C(=O)N2CCC(CN3CCNC3=O)CC2)c2c1CCCC2. The zero-order valence-corrected chi connectivity index (χ0v) is 15.0. The van der Waals surface area contributed by atoms with Crippen molar-refractivity contribution in [2.45, 2.75) is 38.5 Å². The summed E-state index contributed by atoms with van der Waals surface area (Å²) >= 11 is 0. The molecule has 0 bridgehead atoms. The van der Waals surface area contributed by atoms with Crippen LogP contribution in [0.3, 0.4) is 0 Å². The molecular formula is C18H27N5O2. The molecule has 0 unspecified atom stereocenters. The van der Waals surface area contributed by atoms with E-state index in [9.17, 15) is 9.59 Å². The van der Waals surface area contributed by atoms with Crippen LogP contribution < -0.4 is 5.32 Å². The van der Waals surface area contributed by atoms with Crippen molar-refractivity contribution in [1.82, 2.24) is 24.9 Å². The van der Waals surface area contributed by atoms with Crippen LogP contribution in [0, 0.1) is 5.92 Å². The second-order valence-electron chi connectivity index (χ2n) is 7.52. The molecule has 1 aromatic rings. The molecular weight excluding hydrogens is 318 g/mol. The average Bonchev–Trinajstić information content (AvgIpc) is 3.19. The van der Waals surface area contributed by atoms with Crippen molar-refractivity contribution >= 4 is 11.9 Å². The summed E-state index contributed by atoms with van der Waals surface area (Å²) in [5, 5.41) is 7.39. The van der Waals surface area contributed by atoms with Gasteiger partial charge in [-0.1, -0.05) is 0 Å². The summed E-state index contributed by atoms with van der Waals surface area (Å²) in [5.74, 6) is 0.585. The van der Waals surface area contributed by atoms with Crippen molar-refractivity contribution in [2.24, 2.45) is 13.0 Å². The topological polar surface area (TPSA) is 70.5 Å². The van der Waals surface area contributed by atoms with E-state index in [-0.39, 0.29) is 11.9 Å². The first-order valence-electron chi connectivity index (χ1n) is 9.50. The number of amides is 3. The van der Waals surface area contributed by atoms with Crippen LogP contribution >= 0.6 is 0 Å². The summed E-state index contributed by atoms with van der Waals surface area (Å²) < 4.78 is 1.90. The second kappa shape index (κ2) is 6.69. The van der Waals surface area contributed by atoms with Gasteiger partial charge in [0.25, 0.3) is 5.91 Å². The maximum Gasteiger partial charge on any atom is 0.317 e. The number of aromatic nitrogens is 2. The maximum absolute atomic E-state index is 13.0. The molecule has 2 fully saturated rings. The quantitative estimate of drug-likeness (QED) is 0.894. The monoisotopic (exact) mass is 345 g/mol. The predicted octanol–water partition coefficient (Wildman–Crippen LogP) is 1.18. The molecule has 3 aliphatic rings. The fourth-order valence-corrected chi connectivity index (χ4v) is 4.41. The number of rotatable bonds is 3. The summed E-state index contributed by atoms with van der Waals surface area (Å²) in [4.78, 5) is 28.5. The zero-order valence-electron chi connectivity index (χ0n) is 15.0. The van der Waals surface area contributed by atoms with Crippen molar-refractivity contribution in [3.63, 3.8) is 0 Å². The molecule has 1 aromatic heterocycles. The maximum atomic E-state index is 13.0. The highest BCUT2D eigenvalue weighted by Gasteiger charge is 2.31. The molecule has 136 valence electrons. The molecule has 2 saturated heterocycles. The van der Waals surface area contributed by atoms with Crippen LogP contribution in [0.1, 0.15) is 47.4 Å². The van der Waals surface area contributed by atoms with Crippen molar-refractivity contribution in [3.8, 4) is 0 Å². The number of carbonyl (C=O) groups is 2. The number of carbonyl (C=O) groups excluding carboxylic acids is 2. The predicted molar refractivity (Wildman–Crippen MR) is 93.4 cm³/mol. The third-order valence-electron chi connectivity index (χ3n) is 5.89. The minimum atomic E-state index is 0.0543. The third kappa shape index (κ3) is 3.12. The van der Waals surface area contributed by atoms with Gasteiger partial charge in [-0.05, 0) is 44.4 Å². The van der Waals surface area contributed by atoms with Crippen molar-refractivity contribution in [3.05, 3.63) is 17.0 Å². The molecule has 3 amide bonds. The lowest BCUT2D eigenvalue weighted by molar-refractivity contribution is 0.0669. The molecule has 2 aliphatic heterocycles. The summed E-state index contributed by atoms with van der Waals surface area (Å²) in [7, 11) is 1.95. The van der Waals surface area contributed by atoms with E-state index in [1.165, 1.54) is 17.7 Å². The molecule has 25 heavy (non-hydrogen) atoms. The molecule has 0 aromatic carbocycles. The number of urea groups is 1. The minimum Gasteiger partial charge on any atom is -0.337 e. The van der Waals surface area contributed by atoms with Crippen LogP contribution in [0.5, 0.6) is 0 Å². The van der Waals surface area contributed by atoms with Gasteiger partial charge in [-0.3, -0.25) is 9.48 Å². The van der Waals surface area contributed by atoms with Gasteiger partial charge in [0.05, 0.1) is 0 Å². The fraction of sp³-hybridized carbons (Fsp3) is 0.722. The smallest absolute Gasteiger partial charge is 0.317 e. The second-order valence-corrected chi connectivity index (χ2v) is 7.52. The number of nitrogens with zero attached hydrogens (tertiary/aromatic N) is 4. The van der Waals surface area contributed by atoms with E-state index >= 15 is 0 Å². The largest absolute Gasteiger partial charge is 0.337 e. The zero-order chi connectivity index (χ0) is 17.4. The van der Waals surface area contributed by atoms with Gasteiger partial charge in [-0.15, -0.1) is 0 Å². The van der Waals surface area contributed by atoms with Crippen LogP contribution in [0.25, 0.3) is 0 Å². The summed E-state index contributed by atoms with van der Waals surface area (Å²) in [6.07, 6.45) is 6.28.